The van der Waals surface area contributed by atoms with Gasteiger partial charge in [0.05, 0.1) is 0 Å². The van der Waals surface area contributed by atoms with E-state index < -0.39 is 36.6 Å². The second kappa shape index (κ2) is 12.7. The van der Waals surface area contributed by atoms with Gasteiger partial charge in [-0.25, -0.2) is 9.59 Å². The van der Waals surface area contributed by atoms with E-state index in [1.807, 2.05) is 48.5 Å². The van der Waals surface area contributed by atoms with Gasteiger partial charge in [0.25, 0.3) is 5.91 Å². The standard InChI is InChI=1S/C30H29N5O6.ClH/c31-27(32)19-11-9-18(10-12-19)15-25-28(38)35(29(39)33-25)14-13-34(16-26(36)37)30(40)41-17-24-22-7-3-1-5-20(22)21-6-2-4-8-23(21)24;/h1-12,24-25H,13-17H2,(H3,31,32)(H,33,39)(H,36,37);1H. The lowest BCUT2D eigenvalue weighted by molar-refractivity contribution is -0.138. The first-order valence-corrected chi connectivity index (χ1v) is 13.1. The van der Waals surface area contributed by atoms with E-state index in [2.05, 4.69) is 5.32 Å². The van der Waals surface area contributed by atoms with E-state index in [0.717, 1.165) is 37.6 Å². The molecule has 0 spiro atoms. The summed E-state index contributed by atoms with van der Waals surface area (Å²) in [5, 5.41) is 19.5. The molecule has 0 bridgehead atoms. The molecule has 218 valence electrons. The molecule has 1 aliphatic heterocycles. The van der Waals surface area contributed by atoms with Crippen molar-refractivity contribution in [3.63, 3.8) is 0 Å². The van der Waals surface area contributed by atoms with Crippen LogP contribution in [-0.4, -0.2) is 77.0 Å². The largest absolute Gasteiger partial charge is 0.480 e. The fourth-order valence-electron chi connectivity index (χ4n) is 5.29. The highest BCUT2D eigenvalue weighted by molar-refractivity contribution is 6.04. The van der Waals surface area contributed by atoms with Crippen molar-refractivity contribution in [3.8, 4) is 11.1 Å². The first kappa shape index (κ1) is 30.1. The van der Waals surface area contributed by atoms with Crippen LogP contribution in [0.5, 0.6) is 0 Å². The molecule has 1 unspecified atom stereocenters. The Morgan fingerprint density at radius 3 is 2.14 bits per heavy atom. The van der Waals surface area contributed by atoms with E-state index in [0.29, 0.717) is 5.56 Å². The minimum atomic E-state index is -1.25. The Bertz CT molecular complexity index is 1480. The molecule has 1 heterocycles. The molecule has 4 amide bonds. The lowest BCUT2D eigenvalue weighted by Crippen LogP contribution is -2.44. The molecule has 42 heavy (non-hydrogen) atoms. The van der Waals surface area contributed by atoms with Crippen LogP contribution in [0.15, 0.2) is 72.8 Å². The summed E-state index contributed by atoms with van der Waals surface area (Å²) < 4.78 is 5.59. The first-order valence-electron chi connectivity index (χ1n) is 13.1. The number of amides is 4. The fourth-order valence-corrected chi connectivity index (χ4v) is 5.29. The fraction of sp³-hybridized carbons (Fsp3) is 0.233. The van der Waals surface area contributed by atoms with Gasteiger partial charge in [0.15, 0.2) is 0 Å². The number of hydrogen-bond donors (Lipinski definition) is 4. The number of imide groups is 1. The van der Waals surface area contributed by atoms with Gasteiger partial charge in [-0.2, -0.15) is 0 Å². The van der Waals surface area contributed by atoms with Gasteiger partial charge in [-0.15, -0.1) is 12.4 Å². The molecule has 12 heteroatoms. The quantitative estimate of drug-likeness (QED) is 0.160. The molecule has 2 aliphatic rings. The van der Waals surface area contributed by atoms with Crippen molar-refractivity contribution in [1.29, 1.82) is 5.41 Å². The van der Waals surface area contributed by atoms with Crippen LogP contribution in [0, 0.1) is 5.41 Å². The summed E-state index contributed by atoms with van der Waals surface area (Å²) in [5.41, 5.74) is 11.0. The number of ether oxygens (including phenoxy) is 1. The number of carbonyl (C=O) groups is 4. The predicted molar refractivity (Wildman–Crippen MR) is 157 cm³/mol. The third-order valence-electron chi connectivity index (χ3n) is 7.33. The lowest BCUT2D eigenvalue weighted by atomic mass is 9.98. The molecule has 0 saturated carbocycles. The first-order chi connectivity index (χ1) is 19.7. The number of carbonyl (C=O) groups excluding carboxylic acids is 3. The highest BCUT2D eigenvalue weighted by Gasteiger charge is 2.38. The number of carboxylic acid groups (broad SMARTS) is 1. The second-order valence-electron chi connectivity index (χ2n) is 9.93. The van der Waals surface area contributed by atoms with Crippen LogP contribution in [0.3, 0.4) is 0 Å². The molecule has 1 atom stereocenters. The van der Waals surface area contributed by atoms with Crippen LogP contribution in [0.25, 0.3) is 11.1 Å². The average molecular weight is 592 g/mol. The van der Waals surface area contributed by atoms with E-state index in [-0.39, 0.29) is 50.3 Å². The second-order valence-corrected chi connectivity index (χ2v) is 9.93. The third-order valence-corrected chi connectivity index (χ3v) is 7.33. The Labute approximate surface area is 248 Å². The molecule has 1 aliphatic carbocycles. The lowest BCUT2D eigenvalue weighted by Gasteiger charge is -2.24. The maximum atomic E-state index is 13.0. The van der Waals surface area contributed by atoms with Gasteiger partial charge < -0.3 is 20.9 Å². The summed E-state index contributed by atoms with van der Waals surface area (Å²) in [6, 6.07) is 21.1. The minimum absolute atomic E-state index is 0. The van der Waals surface area contributed by atoms with Crippen molar-refractivity contribution in [2.24, 2.45) is 5.73 Å². The maximum absolute atomic E-state index is 13.0. The number of rotatable bonds is 10. The summed E-state index contributed by atoms with van der Waals surface area (Å²) in [6.45, 7) is -1.03. The molecule has 1 saturated heterocycles. The molecule has 5 rings (SSSR count). The Balaban J connectivity index is 0.00000405. The van der Waals surface area contributed by atoms with Crippen molar-refractivity contribution in [3.05, 3.63) is 95.1 Å². The number of nitrogens with zero attached hydrogens (tertiary/aromatic N) is 2. The molecular weight excluding hydrogens is 562 g/mol. The van der Waals surface area contributed by atoms with Gasteiger partial charge >= 0.3 is 18.1 Å². The number of carboxylic acids is 1. The van der Waals surface area contributed by atoms with Crippen LogP contribution >= 0.6 is 12.4 Å². The van der Waals surface area contributed by atoms with Crippen LogP contribution in [0.1, 0.15) is 28.2 Å². The van der Waals surface area contributed by atoms with Crippen LogP contribution < -0.4 is 11.1 Å². The van der Waals surface area contributed by atoms with Gasteiger partial charge in [0.2, 0.25) is 0 Å². The molecule has 1 fully saturated rings. The van der Waals surface area contributed by atoms with E-state index in [4.69, 9.17) is 15.9 Å². The molecule has 0 aromatic heterocycles. The molecular formula is C30H30ClN5O6. The van der Waals surface area contributed by atoms with Crippen molar-refractivity contribution in [2.45, 2.75) is 18.4 Å². The molecule has 3 aromatic rings. The number of urea groups is 1. The Morgan fingerprint density at radius 1 is 0.976 bits per heavy atom. The Hall–Kier alpha value is -4.90. The summed E-state index contributed by atoms with van der Waals surface area (Å²) in [6.07, 6.45) is -0.617. The molecule has 3 aromatic carbocycles. The minimum Gasteiger partial charge on any atom is -0.480 e. The number of hydrogen-bond acceptors (Lipinski definition) is 6. The normalized spacial score (nSPS) is 15.3. The maximum Gasteiger partial charge on any atom is 0.410 e. The van der Waals surface area contributed by atoms with Crippen molar-refractivity contribution in [2.75, 3.05) is 26.2 Å². The highest BCUT2D eigenvalue weighted by atomic mass is 35.5. The van der Waals surface area contributed by atoms with Crippen LogP contribution in [0.4, 0.5) is 9.59 Å². The van der Waals surface area contributed by atoms with Crippen molar-refractivity contribution in [1.82, 2.24) is 15.1 Å². The smallest absolute Gasteiger partial charge is 0.410 e. The van der Waals surface area contributed by atoms with Gasteiger partial charge in [0.1, 0.15) is 25.0 Å². The molecule has 0 radical (unpaired) electrons. The summed E-state index contributed by atoms with van der Waals surface area (Å²) in [5.74, 6) is -2.00. The number of nitrogen functional groups attached to an aromatic ring is 1. The molecule has 11 nitrogen and oxygen atoms in total. The van der Waals surface area contributed by atoms with Crippen molar-refractivity contribution < 1.29 is 29.0 Å². The average Bonchev–Trinajstić information content (AvgIpc) is 3.42. The predicted octanol–water partition coefficient (Wildman–Crippen LogP) is 3.19. The van der Waals surface area contributed by atoms with E-state index >= 15 is 0 Å². The SMILES string of the molecule is Cl.N=C(N)c1ccc(CC2NC(=O)N(CCN(CC(=O)O)C(=O)OCC3c4ccccc4-c4ccccc43)C2=O)cc1. The number of fused-ring (bicyclic) bond motifs is 3. The summed E-state index contributed by atoms with van der Waals surface area (Å²) in [7, 11) is 0. The number of nitrogens with one attached hydrogen (secondary N) is 2. The third kappa shape index (κ3) is 6.21. The Morgan fingerprint density at radius 2 is 1.57 bits per heavy atom. The number of aliphatic carboxylic acids is 1. The number of nitrogens with two attached hydrogens (primary N) is 1. The topological polar surface area (TPSA) is 166 Å². The van der Waals surface area contributed by atoms with E-state index in [9.17, 15) is 24.3 Å². The highest BCUT2D eigenvalue weighted by Crippen LogP contribution is 2.44. The van der Waals surface area contributed by atoms with Gasteiger partial charge in [-0.3, -0.25) is 24.8 Å². The zero-order valence-corrected chi connectivity index (χ0v) is 23.3. The Kier molecular flexibility index (Phi) is 9.12. The van der Waals surface area contributed by atoms with Gasteiger partial charge in [-0.05, 0) is 27.8 Å². The summed E-state index contributed by atoms with van der Waals surface area (Å²) >= 11 is 0. The number of amidine groups is 1. The number of benzene rings is 3. The van der Waals surface area contributed by atoms with Crippen LogP contribution in [-0.2, 0) is 20.7 Å². The monoisotopic (exact) mass is 591 g/mol. The van der Waals surface area contributed by atoms with E-state index in [1.165, 1.54) is 0 Å². The number of halogens is 1. The summed E-state index contributed by atoms with van der Waals surface area (Å²) in [4.78, 5) is 52.0. The van der Waals surface area contributed by atoms with Crippen molar-refractivity contribution >= 4 is 42.2 Å². The zero-order valence-electron chi connectivity index (χ0n) is 22.5. The van der Waals surface area contributed by atoms with E-state index in [1.54, 1.807) is 24.3 Å². The van der Waals surface area contributed by atoms with Gasteiger partial charge in [0, 0.05) is 31.0 Å². The van der Waals surface area contributed by atoms with Gasteiger partial charge in [-0.1, -0.05) is 72.8 Å². The molecule has 5 N–H and O–H groups in total. The zero-order chi connectivity index (χ0) is 29.1. The van der Waals surface area contributed by atoms with Crippen LogP contribution in [0.2, 0.25) is 0 Å².